The van der Waals surface area contributed by atoms with Crippen LogP contribution in [0.2, 0.25) is 0 Å². The summed E-state index contributed by atoms with van der Waals surface area (Å²) in [5.74, 6) is 0. The average molecular weight is 251 g/mol. The highest BCUT2D eigenvalue weighted by Gasteiger charge is 2.10. The van der Waals surface area contributed by atoms with E-state index in [-0.39, 0.29) is 6.10 Å². The Hall–Kier alpha value is -0.900. The van der Waals surface area contributed by atoms with Gasteiger partial charge in [0.15, 0.2) is 0 Å². The Balaban J connectivity index is 2.59. The van der Waals surface area contributed by atoms with Crippen LogP contribution in [0.5, 0.6) is 0 Å². The van der Waals surface area contributed by atoms with E-state index in [4.69, 9.17) is 4.74 Å². The summed E-state index contributed by atoms with van der Waals surface area (Å²) in [7, 11) is 1.71. The smallest absolute Gasteiger partial charge is 0.0664 e. The van der Waals surface area contributed by atoms with Gasteiger partial charge in [-0.3, -0.25) is 4.90 Å². The van der Waals surface area contributed by atoms with Gasteiger partial charge in [0, 0.05) is 26.7 Å². The van der Waals surface area contributed by atoms with E-state index in [2.05, 4.69) is 36.1 Å². The largest absolute Gasteiger partial charge is 0.392 e. The van der Waals surface area contributed by atoms with Gasteiger partial charge in [0.2, 0.25) is 0 Å². The maximum Gasteiger partial charge on any atom is 0.0664 e. The second-order valence-electron chi connectivity index (χ2n) is 4.78. The van der Waals surface area contributed by atoms with E-state index < -0.39 is 0 Å². The summed E-state index contributed by atoms with van der Waals surface area (Å²) < 4.78 is 5.13. The molecular formula is C15H25NO2. The summed E-state index contributed by atoms with van der Waals surface area (Å²) in [5.41, 5.74) is 2.56. The van der Waals surface area contributed by atoms with Crippen LogP contribution in [0.3, 0.4) is 0 Å². The van der Waals surface area contributed by atoms with E-state index in [1.54, 1.807) is 7.11 Å². The number of nitrogens with zero attached hydrogens (tertiary/aromatic N) is 1. The molecule has 0 aliphatic rings. The van der Waals surface area contributed by atoms with Gasteiger partial charge in [0.1, 0.15) is 0 Å². The van der Waals surface area contributed by atoms with Gasteiger partial charge in [0.05, 0.1) is 12.7 Å². The molecule has 1 aromatic rings. The summed E-state index contributed by atoms with van der Waals surface area (Å²) in [6.45, 7) is 7.22. The van der Waals surface area contributed by atoms with E-state index in [0.29, 0.717) is 13.2 Å². The maximum absolute atomic E-state index is 9.78. The molecule has 0 radical (unpaired) electrons. The van der Waals surface area contributed by atoms with E-state index in [1.807, 2.05) is 6.92 Å². The number of aliphatic hydroxyl groups is 1. The van der Waals surface area contributed by atoms with Crippen LogP contribution in [0, 0.1) is 6.92 Å². The quantitative estimate of drug-likeness (QED) is 0.769. The van der Waals surface area contributed by atoms with Gasteiger partial charge in [-0.1, -0.05) is 36.8 Å². The van der Waals surface area contributed by atoms with Crippen LogP contribution < -0.4 is 0 Å². The molecule has 1 aromatic carbocycles. The van der Waals surface area contributed by atoms with Crippen molar-refractivity contribution in [2.75, 3.05) is 26.8 Å². The maximum atomic E-state index is 9.78. The zero-order chi connectivity index (χ0) is 13.4. The highest BCUT2D eigenvalue weighted by Crippen LogP contribution is 2.08. The lowest BCUT2D eigenvalue weighted by molar-refractivity contribution is 0.0830. The highest BCUT2D eigenvalue weighted by atomic mass is 16.5. The van der Waals surface area contributed by atoms with Crippen molar-refractivity contribution in [1.29, 1.82) is 0 Å². The third-order valence-electron chi connectivity index (χ3n) is 3.04. The molecule has 0 spiro atoms. The number of hydrogen-bond donors (Lipinski definition) is 1. The Morgan fingerprint density at radius 2 is 2.17 bits per heavy atom. The first-order valence-electron chi connectivity index (χ1n) is 6.60. The topological polar surface area (TPSA) is 32.7 Å². The molecule has 0 aliphatic carbocycles. The number of aryl methyl sites for hydroxylation is 1. The minimum absolute atomic E-state index is 0.258. The molecule has 0 amide bonds. The van der Waals surface area contributed by atoms with Crippen molar-refractivity contribution in [2.24, 2.45) is 0 Å². The zero-order valence-corrected chi connectivity index (χ0v) is 11.7. The fourth-order valence-electron chi connectivity index (χ4n) is 1.95. The Bertz CT molecular complexity index is 341. The number of ether oxygens (including phenoxy) is 1. The lowest BCUT2D eigenvalue weighted by atomic mass is 10.1. The first-order chi connectivity index (χ1) is 8.65. The molecule has 102 valence electrons. The molecule has 0 saturated carbocycles. The SMILES string of the molecule is CCC(O)CN(CCOC)Cc1cccc(C)c1. The number of methoxy groups -OCH3 is 1. The van der Waals surface area contributed by atoms with Crippen molar-refractivity contribution in [2.45, 2.75) is 32.9 Å². The van der Waals surface area contributed by atoms with Gasteiger partial charge < -0.3 is 9.84 Å². The second-order valence-corrected chi connectivity index (χ2v) is 4.78. The first-order valence-corrected chi connectivity index (χ1v) is 6.60. The van der Waals surface area contributed by atoms with Crippen molar-refractivity contribution in [3.8, 4) is 0 Å². The molecule has 18 heavy (non-hydrogen) atoms. The van der Waals surface area contributed by atoms with Crippen LogP contribution in [-0.2, 0) is 11.3 Å². The molecule has 0 bridgehead atoms. The summed E-state index contributed by atoms with van der Waals surface area (Å²) in [5, 5.41) is 9.78. The predicted molar refractivity (Wildman–Crippen MR) is 74.6 cm³/mol. The molecule has 0 fully saturated rings. The third kappa shape index (κ3) is 5.63. The predicted octanol–water partition coefficient (Wildman–Crippen LogP) is 2.21. The van der Waals surface area contributed by atoms with Crippen molar-refractivity contribution in [3.63, 3.8) is 0 Å². The standard InChI is InChI=1S/C15H25NO2/c1-4-15(17)12-16(8-9-18-3)11-14-7-5-6-13(2)10-14/h5-7,10,15,17H,4,8-9,11-12H2,1-3H3. The van der Waals surface area contributed by atoms with Crippen molar-refractivity contribution in [3.05, 3.63) is 35.4 Å². The van der Waals surface area contributed by atoms with Crippen LogP contribution in [0.25, 0.3) is 0 Å². The van der Waals surface area contributed by atoms with Crippen LogP contribution in [0.4, 0.5) is 0 Å². The van der Waals surface area contributed by atoms with E-state index >= 15 is 0 Å². The van der Waals surface area contributed by atoms with Crippen LogP contribution in [0.1, 0.15) is 24.5 Å². The Morgan fingerprint density at radius 1 is 1.39 bits per heavy atom. The number of aliphatic hydroxyl groups excluding tert-OH is 1. The van der Waals surface area contributed by atoms with Crippen molar-refractivity contribution >= 4 is 0 Å². The van der Waals surface area contributed by atoms with Crippen LogP contribution >= 0.6 is 0 Å². The minimum Gasteiger partial charge on any atom is -0.392 e. The van der Waals surface area contributed by atoms with Gasteiger partial charge in [-0.2, -0.15) is 0 Å². The Kier molecular flexibility index (Phi) is 6.94. The molecule has 1 unspecified atom stereocenters. The number of benzene rings is 1. The molecule has 0 heterocycles. The molecule has 1 N–H and O–H groups in total. The first kappa shape index (κ1) is 15.2. The lowest BCUT2D eigenvalue weighted by Gasteiger charge is -2.24. The summed E-state index contributed by atoms with van der Waals surface area (Å²) in [6.07, 6.45) is 0.531. The highest BCUT2D eigenvalue weighted by molar-refractivity contribution is 5.22. The van der Waals surface area contributed by atoms with E-state index in [1.165, 1.54) is 11.1 Å². The molecule has 3 heteroatoms. The van der Waals surface area contributed by atoms with E-state index in [0.717, 1.165) is 19.5 Å². The molecular weight excluding hydrogens is 226 g/mol. The van der Waals surface area contributed by atoms with E-state index in [9.17, 15) is 5.11 Å². The summed E-state index contributed by atoms with van der Waals surface area (Å²) in [6, 6.07) is 8.50. The van der Waals surface area contributed by atoms with Gasteiger partial charge in [-0.25, -0.2) is 0 Å². The lowest BCUT2D eigenvalue weighted by Crippen LogP contribution is -2.34. The average Bonchev–Trinajstić information content (AvgIpc) is 2.35. The van der Waals surface area contributed by atoms with Gasteiger partial charge >= 0.3 is 0 Å². The van der Waals surface area contributed by atoms with Crippen LogP contribution in [-0.4, -0.2) is 42.9 Å². The van der Waals surface area contributed by atoms with Crippen molar-refractivity contribution < 1.29 is 9.84 Å². The second kappa shape index (κ2) is 8.25. The van der Waals surface area contributed by atoms with Gasteiger partial charge in [0.25, 0.3) is 0 Å². The van der Waals surface area contributed by atoms with Gasteiger partial charge in [-0.05, 0) is 18.9 Å². The molecule has 1 rings (SSSR count). The molecule has 0 aromatic heterocycles. The molecule has 1 atom stereocenters. The minimum atomic E-state index is -0.258. The Labute approximate surface area is 110 Å². The fourth-order valence-corrected chi connectivity index (χ4v) is 1.95. The monoisotopic (exact) mass is 251 g/mol. The normalized spacial score (nSPS) is 12.9. The summed E-state index contributed by atoms with van der Waals surface area (Å²) >= 11 is 0. The molecule has 0 aliphatic heterocycles. The molecule has 0 saturated heterocycles. The van der Waals surface area contributed by atoms with Crippen LogP contribution in [0.15, 0.2) is 24.3 Å². The fraction of sp³-hybridized carbons (Fsp3) is 0.600. The summed E-state index contributed by atoms with van der Waals surface area (Å²) in [4.78, 5) is 2.24. The third-order valence-corrected chi connectivity index (χ3v) is 3.04. The van der Waals surface area contributed by atoms with Gasteiger partial charge in [-0.15, -0.1) is 0 Å². The van der Waals surface area contributed by atoms with Crippen molar-refractivity contribution in [1.82, 2.24) is 4.90 Å². The zero-order valence-electron chi connectivity index (χ0n) is 11.7. The number of rotatable bonds is 8. The molecule has 3 nitrogen and oxygen atoms in total. The number of hydrogen-bond acceptors (Lipinski definition) is 3. The Morgan fingerprint density at radius 3 is 2.78 bits per heavy atom.